The number of carbonyl (C=O) groups is 2. The third kappa shape index (κ3) is 3.66. The highest BCUT2D eigenvalue weighted by Gasteiger charge is 2.20. The molecule has 0 unspecified atom stereocenters. The van der Waals surface area contributed by atoms with E-state index in [4.69, 9.17) is 5.11 Å². The lowest BCUT2D eigenvalue weighted by Gasteiger charge is -2.18. The molecule has 130 valence electrons. The van der Waals surface area contributed by atoms with E-state index < -0.39 is 24.1 Å². The lowest BCUT2D eigenvalue weighted by atomic mass is 9.99. The van der Waals surface area contributed by atoms with Crippen molar-refractivity contribution in [3.05, 3.63) is 64.2 Å². The second-order valence-electron chi connectivity index (χ2n) is 5.80. The van der Waals surface area contributed by atoms with Crippen molar-refractivity contribution < 1.29 is 23.5 Å². The molecule has 5 nitrogen and oxygen atoms in total. The van der Waals surface area contributed by atoms with Crippen LogP contribution >= 0.6 is 0 Å². The SMILES string of the molecule is O=C1CCc2cc(C(=O)NCc3ccc(F)c(CO)c3)c(F)cc2N1. The summed E-state index contributed by atoms with van der Waals surface area (Å²) in [7, 11) is 0. The number of hydrogen-bond donors (Lipinski definition) is 3. The van der Waals surface area contributed by atoms with E-state index in [9.17, 15) is 18.4 Å². The maximum atomic E-state index is 14.2. The largest absolute Gasteiger partial charge is 0.392 e. The van der Waals surface area contributed by atoms with E-state index >= 15 is 0 Å². The highest BCUT2D eigenvalue weighted by Crippen LogP contribution is 2.26. The molecule has 1 aliphatic rings. The van der Waals surface area contributed by atoms with Crippen molar-refractivity contribution in [3.8, 4) is 0 Å². The number of benzene rings is 2. The van der Waals surface area contributed by atoms with Gasteiger partial charge in [0.15, 0.2) is 0 Å². The Hall–Kier alpha value is -2.80. The van der Waals surface area contributed by atoms with Crippen LogP contribution in [-0.2, 0) is 24.4 Å². The molecule has 3 rings (SSSR count). The Morgan fingerprint density at radius 3 is 2.72 bits per heavy atom. The first-order valence-corrected chi connectivity index (χ1v) is 7.76. The Labute approximate surface area is 142 Å². The minimum atomic E-state index is -0.728. The molecule has 2 amide bonds. The van der Waals surface area contributed by atoms with Crippen LogP contribution in [0.3, 0.4) is 0 Å². The van der Waals surface area contributed by atoms with Crippen LogP contribution in [0.15, 0.2) is 30.3 Å². The zero-order valence-electron chi connectivity index (χ0n) is 13.2. The summed E-state index contributed by atoms with van der Waals surface area (Å²) in [6, 6.07) is 6.70. The molecule has 2 aromatic carbocycles. The van der Waals surface area contributed by atoms with Crippen LogP contribution in [0.1, 0.15) is 33.5 Å². The summed E-state index contributed by atoms with van der Waals surface area (Å²) >= 11 is 0. The van der Waals surface area contributed by atoms with Crippen LogP contribution in [0.2, 0.25) is 0 Å². The Morgan fingerprint density at radius 1 is 1.16 bits per heavy atom. The first kappa shape index (κ1) is 17.0. The first-order chi connectivity index (χ1) is 12.0. The summed E-state index contributed by atoms with van der Waals surface area (Å²) in [5.74, 6) is -2.04. The fourth-order valence-electron chi connectivity index (χ4n) is 2.71. The zero-order chi connectivity index (χ0) is 18.0. The van der Waals surface area contributed by atoms with Crippen LogP contribution < -0.4 is 10.6 Å². The van der Waals surface area contributed by atoms with Gasteiger partial charge in [-0.1, -0.05) is 6.07 Å². The zero-order valence-corrected chi connectivity index (χ0v) is 13.2. The molecule has 25 heavy (non-hydrogen) atoms. The van der Waals surface area contributed by atoms with Gasteiger partial charge in [-0.05, 0) is 41.8 Å². The van der Waals surface area contributed by atoms with E-state index in [0.717, 1.165) is 6.07 Å². The average Bonchev–Trinajstić information content (AvgIpc) is 2.60. The van der Waals surface area contributed by atoms with Gasteiger partial charge in [0, 0.05) is 24.2 Å². The van der Waals surface area contributed by atoms with Crippen molar-refractivity contribution in [1.82, 2.24) is 5.32 Å². The third-order valence-electron chi connectivity index (χ3n) is 4.07. The number of amides is 2. The molecule has 7 heteroatoms. The van der Waals surface area contributed by atoms with Gasteiger partial charge in [-0.3, -0.25) is 9.59 Å². The summed E-state index contributed by atoms with van der Waals surface area (Å²) in [5, 5.41) is 14.2. The van der Waals surface area contributed by atoms with Crippen LogP contribution in [-0.4, -0.2) is 16.9 Å². The van der Waals surface area contributed by atoms with Crippen molar-refractivity contribution in [2.24, 2.45) is 0 Å². The standard InChI is InChI=1S/C18H16F2N2O3/c19-14-3-1-10(5-12(14)9-23)8-21-18(25)13-6-11-2-4-17(24)22-16(11)7-15(13)20/h1,3,5-7,23H,2,4,8-9H2,(H,21,25)(H,22,24). The molecule has 0 spiro atoms. The molecule has 1 aliphatic heterocycles. The Bertz CT molecular complexity index is 852. The molecule has 0 fully saturated rings. The van der Waals surface area contributed by atoms with Crippen molar-refractivity contribution in [3.63, 3.8) is 0 Å². The molecule has 0 aromatic heterocycles. The van der Waals surface area contributed by atoms with Crippen LogP contribution in [0.25, 0.3) is 0 Å². The maximum absolute atomic E-state index is 14.2. The highest BCUT2D eigenvalue weighted by atomic mass is 19.1. The van der Waals surface area contributed by atoms with E-state index in [0.29, 0.717) is 29.7 Å². The van der Waals surface area contributed by atoms with E-state index in [1.807, 2.05) is 0 Å². The lowest BCUT2D eigenvalue weighted by molar-refractivity contribution is -0.116. The summed E-state index contributed by atoms with van der Waals surface area (Å²) < 4.78 is 27.5. The number of fused-ring (bicyclic) bond motifs is 1. The Morgan fingerprint density at radius 2 is 1.96 bits per heavy atom. The van der Waals surface area contributed by atoms with Crippen molar-refractivity contribution in [2.45, 2.75) is 26.0 Å². The van der Waals surface area contributed by atoms with Crippen LogP contribution in [0, 0.1) is 11.6 Å². The third-order valence-corrected chi connectivity index (χ3v) is 4.07. The number of nitrogens with one attached hydrogen (secondary N) is 2. The van der Waals surface area contributed by atoms with Gasteiger partial charge in [0.25, 0.3) is 5.91 Å². The van der Waals surface area contributed by atoms with Gasteiger partial charge in [-0.15, -0.1) is 0 Å². The average molecular weight is 346 g/mol. The number of aryl methyl sites for hydroxylation is 1. The van der Waals surface area contributed by atoms with Crippen molar-refractivity contribution >= 4 is 17.5 Å². The van der Waals surface area contributed by atoms with Crippen LogP contribution in [0.4, 0.5) is 14.5 Å². The van der Waals surface area contributed by atoms with Gasteiger partial charge in [-0.2, -0.15) is 0 Å². The van der Waals surface area contributed by atoms with Gasteiger partial charge < -0.3 is 15.7 Å². The van der Waals surface area contributed by atoms with Gasteiger partial charge in [0.1, 0.15) is 11.6 Å². The smallest absolute Gasteiger partial charge is 0.254 e. The van der Waals surface area contributed by atoms with E-state index in [2.05, 4.69) is 10.6 Å². The van der Waals surface area contributed by atoms with E-state index in [-0.39, 0.29) is 23.6 Å². The molecule has 1 heterocycles. The summed E-state index contributed by atoms with van der Waals surface area (Å²) in [6.45, 7) is -0.377. The molecule has 0 radical (unpaired) electrons. The van der Waals surface area contributed by atoms with Gasteiger partial charge in [-0.25, -0.2) is 8.78 Å². The fourth-order valence-corrected chi connectivity index (χ4v) is 2.71. The normalized spacial score (nSPS) is 13.2. The minimum Gasteiger partial charge on any atom is -0.392 e. The van der Waals surface area contributed by atoms with Crippen LogP contribution in [0.5, 0.6) is 0 Å². The monoisotopic (exact) mass is 346 g/mol. The second-order valence-corrected chi connectivity index (χ2v) is 5.80. The summed E-state index contributed by atoms with van der Waals surface area (Å²) in [6.07, 6.45) is 0.735. The molecule has 0 saturated heterocycles. The molecule has 3 N–H and O–H groups in total. The predicted molar refractivity (Wildman–Crippen MR) is 86.8 cm³/mol. The van der Waals surface area contributed by atoms with E-state index in [1.54, 1.807) is 0 Å². The number of carbonyl (C=O) groups excluding carboxylic acids is 2. The quantitative estimate of drug-likeness (QED) is 0.795. The number of aliphatic hydroxyl groups excluding tert-OH is 1. The molecule has 0 bridgehead atoms. The lowest BCUT2D eigenvalue weighted by Crippen LogP contribution is -2.25. The Balaban J connectivity index is 1.74. The van der Waals surface area contributed by atoms with Crippen molar-refractivity contribution in [2.75, 3.05) is 5.32 Å². The first-order valence-electron chi connectivity index (χ1n) is 7.76. The molecule has 0 aliphatic carbocycles. The van der Waals surface area contributed by atoms with Gasteiger partial charge in [0.05, 0.1) is 12.2 Å². The highest BCUT2D eigenvalue weighted by molar-refractivity contribution is 5.98. The summed E-state index contributed by atoms with van der Waals surface area (Å²) in [4.78, 5) is 23.6. The molecular weight excluding hydrogens is 330 g/mol. The number of halogens is 2. The Kier molecular flexibility index (Phi) is 4.76. The van der Waals surface area contributed by atoms with Gasteiger partial charge >= 0.3 is 0 Å². The number of rotatable bonds is 4. The number of aliphatic hydroxyl groups is 1. The molecule has 2 aromatic rings. The maximum Gasteiger partial charge on any atom is 0.254 e. The topological polar surface area (TPSA) is 78.4 Å². The summed E-state index contributed by atoms with van der Waals surface area (Å²) in [5.41, 5.74) is 1.69. The number of hydrogen-bond acceptors (Lipinski definition) is 3. The number of anilines is 1. The van der Waals surface area contributed by atoms with E-state index in [1.165, 1.54) is 24.3 Å². The van der Waals surface area contributed by atoms with Crippen molar-refractivity contribution in [1.29, 1.82) is 0 Å². The fraction of sp³-hybridized carbons (Fsp3) is 0.222. The molecule has 0 saturated carbocycles. The second kappa shape index (κ2) is 6.98. The van der Waals surface area contributed by atoms with Gasteiger partial charge in [0.2, 0.25) is 5.91 Å². The predicted octanol–water partition coefficient (Wildman–Crippen LogP) is 2.27. The minimum absolute atomic E-state index is 0.0688. The molecule has 0 atom stereocenters. The molecular formula is C18H16F2N2O3.